The van der Waals surface area contributed by atoms with Crippen LogP contribution in [-0.2, 0) is 31.8 Å². The molecule has 0 unspecified atom stereocenters. The lowest BCUT2D eigenvalue weighted by atomic mass is 9.90. The Morgan fingerprint density at radius 1 is 1.12 bits per heavy atom. The average molecular weight is 347 g/mol. The van der Waals surface area contributed by atoms with Gasteiger partial charge in [-0.15, -0.1) is 0 Å². The number of ether oxygens (including phenoxy) is 2. The number of alkyl halides is 3. The molecular weight excluding hydrogens is 331 g/mol. The zero-order chi connectivity index (χ0) is 18.3. The molecule has 132 valence electrons. The molecule has 6 nitrogen and oxygen atoms in total. The Labute approximate surface area is 135 Å². The summed E-state index contributed by atoms with van der Waals surface area (Å²) in [7, 11) is 0. The first-order valence-electron chi connectivity index (χ1n) is 7.09. The normalized spacial score (nSPS) is 11.2. The van der Waals surface area contributed by atoms with Crippen molar-refractivity contribution in [2.45, 2.75) is 32.5 Å². The van der Waals surface area contributed by atoms with Crippen LogP contribution >= 0.6 is 0 Å². The van der Waals surface area contributed by atoms with Gasteiger partial charge in [0.05, 0.1) is 18.8 Å². The molecule has 0 heterocycles. The molecule has 0 N–H and O–H groups in total. The third kappa shape index (κ3) is 4.53. The van der Waals surface area contributed by atoms with Crippen LogP contribution in [0.25, 0.3) is 0 Å². The molecule has 0 amide bonds. The van der Waals surface area contributed by atoms with E-state index in [9.17, 15) is 27.7 Å². The van der Waals surface area contributed by atoms with Gasteiger partial charge in [-0.1, -0.05) is 23.4 Å². The Kier molecular flexibility index (Phi) is 6.87. The zero-order valence-corrected chi connectivity index (χ0v) is 13.1. The van der Waals surface area contributed by atoms with Crippen molar-refractivity contribution in [2.75, 3.05) is 13.2 Å². The second-order valence-electron chi connectivity index (χ2n) is 4.60. The molecule has 0 atom stereocenters. The van der Waals surface area contributed by atoms with Crippen LogP contribution in [0.15, 0.2) is 23.4 Å². The Hall–Kier alpha value is -2.45. The van der Waals surface area contributed by atoms with Crippen molar-refractivity contribution in [1.82, 2.24) is 0 Å². The monoisotopic (exact) mass is 347 g/mol. The molecule has 0 saturated heterocycles. The predicted molar refractivity (Wildman–Crippen MR) is 77.0 cm³/mol. The summed E-state index contributed by atoms with van der Waals surface area (Å²) in [6, 6.07) is 3.24. The highest BCUT2D eigenvalue weighted by molar-refractivity contribution is 6.01. The number of hydrogen-bond donors (Lipinski definition) is 0. The summed E-state index contributed by atoms with van der Waals surface area (Å²) in [5.74, 6) is -4.21. The maximum Gasteiger partial charge on any atom is 0.417 e. The lowest BCUT2D eigenvalue weighted by Gasteiger charge is -2.21. The summed E-state index contributed by atoms with van der Waals surface area (Å²) in [5, 5.41) is 2.46. The number of carbonyl (C=O) groups excluding carboxylic acids is 2. The lowest BCUT2D eigenvalue weighted by Crippen LogP contribution is -2.29. The maximum absolute atomic E-state index is 13.4. The first-order valence-corrected chi connectivity index (χ1v) is 7.09. The molecule has 0 aliphatic rings. The minimum Gasteiger partial charge on any atom is -0.465 e. The van der Waals surface area contributed by atoms with Gasteiger partial charge in [-0.05, 0) is 25.0 Å². The number of nitrogens with zero attached hydrogens (tertiary/aromatic N) is 1. The van der Waals surface area contributed by atoms with Crippen molar-refractivity contribution in [3.63, 3.8) is 0 Å². The van der Waals surface area contributed by atoms with Crippen LogP contribution in [0.5, 0.6) is 0 Å². The summed E-state index contributed by atoms with van der Waals surface area (Å²) >= 11 is 0. The van der Waals surface area contributed by atoms with Crippen LogP contribution in [0.1, 0.15) is 36.5 Å². The van der Waals surface area contributed by atoms with E-state index in [1.807, 2.05) is 0 Å². The molecule has 0 aliphatic heterocycles. The molecule has 9 heteroatoms. The number of halogens is 3. The minimum absolute atomic E-state index is 0.119. The number of benzene rings is 1. The molecule has 1 rings (SSSR count). The predicted octanol–water partition coefficient (Wildman–Crippen LogP) is 3.18. The number of hydrogen-bond acceptors (Lipinski definition) is 6. The SMILES string of the molecule is CCOC(=O)C(C(=O)OCC)c1cccc(CN=O)c1C(F)(F)F. The molecule has 0 aromatic heterocycles. The van der Waals surface area contributed by atoms with Crippen LogP contribution in [0.2, 0.25) is 0 Å². The van der Waals surface area contributed by atoms with E-state index in [0.717, 1.165) is 12.1 Å². The average Bonchev–Trinajstić information content (AvgIpc) is 2.47. The molecule has 0 spiro atoms. The topological polar surface area (TPSA) is 82.0 Å². The third-order valence-electron chi connectivity index (χ3n) is 3.06. The lowest BCUT2D eigenvalue weighted by molar-refractivity contribution is -0.157. The van der Waals surface area contributed by atoms with Crippen molar-refractivity contribution in [1.29, 1.82) is 0 Å². The molecule has 0 fully saturated rings. The van der Waals surface area contributed by atoms with E-state index in [-0.39, 0.29) is 13.2 Å². The van der Waals surface area contributed by atoms with E-state index in [0.29, 0.717) is 0 Å². The summed E-state index contributed by atoms with van der Waals surface area (Å²) in [6.07, 6.45) is -4.89. The van der Waals surface area contributed by atoms with Gasteiger partial charge >= 0.3 is 18.1 Å². The van der Waals surface area contributed by atoms with Crippen molar-refractivity contribution in [3.05, 3.63) is 39.8 Å². The van der Waals surface area contributed by atoms with E-state index in [4.69, 9.17) is 9.47 Å². The fourth-order valence-electron chi connectivity index (χ4n) is 2.21. The zero-order valence-electron chi connectivity index (χ0n) is 13.1. The van der Waals surface area contributed by atoms with Gasteiger partial charge in [0.2, 0.25) is 0 Å². The fraction of sp³-hybridized carbons (Fsp3) is 0.467. The second-order valence-corrected chi connectivity index (χ2v) is 4.60. The van der Waals surface area contributed by atoms with Crippen LogP contribution in [0.3, 0.4) is 0 Å². The summed E-state index contributed by atoms with van der Waals surface area (Å²) in [5.41, 5.74) is -2.31. The molecule has 1 aromatic carbocycles. The Morgan fingerprint density at radius 3 is 2.08 bits per heavy atom. The maximum atomic E-state index is 13.4. The molecule has 0 radical (unpaired) electrons. The van der Waals surface area contributed by atoms with E-state index in [2.05, 4.69) is 5.18 Å². The smallest absolute Gasteiger partial charge is 0.417 e. The van der Waals surface area contributed by atoms with E-state index in [1.165, 1.54) is 19.9 Å². The van der Waals surface area contributed by atoms with Crippen molar-refractivity contribution >= 4 is 11.9 Å². The quantitative estimate of drug-likeness (QED) is 0.430. The number of carbonyl (C=O) groups is 2. The highest BCUT2D eigenvalue weighted by Crippen LogP contribution is 2.39. The van der Waals surface area contributed by atoms with E-state index < -0.39 is 47.3 Å². The van der Waals surface area contributed by atoms with Gasteiger partial charge in [0.25, 0.3) is 0 Å². The fourth-order valence-corrected chi connectivity index (χ4v) is 2.21. The molecule has 0 saturated carbocycles. The second kappa shape index (κ2) is 8.42. The Balaban J connectivity index is 3.56. The third-order valence-corrected chi connectivity index (χ3v) is 3.06. The van der Waals surface area contributed by atoms with E-state index in [1.54, 1.807) is 0 Å². The Morgan fingerprint density at radius 2 is 1.67 bits per heavy atom. The first-order chi connectivity index (χ1) is 11.3. The molecule has 1 aromatic rings. The van der Waals surface area contributed by atoms with Gasteiger partial charge in [-0.25, -0.2) is 0 Å². The summed E-state index contributed by atoms with van der Waals surface area (Å²) < 4.78 is 49.7. The summed E-state index contributed by atoms with van der Waals surface area (Å²) in [6.45, 7) is 1.92. The molecule has 0 aliphatic carbocycles. The summed E-state index contributed by atoms with van der Waals surface area (Å²) in [4.78, 5) is 34.5. The number of rotatable bonds is 7. The highest BCUT2D eigenvalue weighted by atomic mass is 19.4. The van der Waals surface area contributed by atoms with Crippen molar-refractivity contribution in [2.24, 2.45) is 5.18 Å². The molecule has 24 heavy (non-hydrogen) atoms. The van der Waals surface area contributed by atoms with Gasteiger partial charge in [-0.2, -0.15) is 18.1 Å². The first kappa shape index (κ1) is 19.6. The largest absolute Gasteiger partial charge is 0.465 e. The number of nitroso groups, excluding NO2 is 1. The van der Waals surface area contributed by atoms with Gasteiger partial charge in [0.1, 0.15) is 6.54 Å². The highest BCUT2D eigenvalue weighted by Gasteiger charge is 2.42. The molecular formula is C15H16F3NO5. The molecule has 0 bridgehead atoms. The van der Waals surface area contributed by atoms with Crippen LogP contribution in [-0.4, -0.2) is 25.2 Å². The van der Waals surface area contributed by atoms with Crippen molar-refractivity contribution in [3.8, 4) is 0 Å². The van der Waals surface area contributed by atoms with Crippen molar-refractivity contribution < 1.29 is 32.2 Å². The van der Waals surface area contributed by atoms with Gasteiger partial charge in [-0.3, -0.25) is 9.59 Å². The Bertz CT molecular complexity index is 598. The van der Waals surface area contributed by atoms with Crippen LogP contribution in [0, 0.1) is 4.91 Å². The minimum atomic E-state index is -4.89. The van der Waals surface area contributed by atoms with Gasteiger partial charge < -0.3 is 9.47 Å². The van der Waals surface area contributed by atoms with Crippen LogP contribution in [0.4, 0.5) is 13.2 Å². The number of esters is 2. The van der Waals surface area contributed by atoms with Gasteiger partial charge in [0.15, 0.2) is 5.92 Å². The van der Waals surface area contributed by atoms with Crippen LogP contribution < -0.4 is 0 Å². The van der Waals surface area contributed by atoms with Gasteiger partial charge in [0, 0.05) is 0 Å². The standard InChI is InChI=1S/C15H16F3NO5/c1-3-23-13(20)11(14(21)24-4-2)10-7-5-6-9(8-19-22)12(10)15(16,17)18/h5-7,11H,3-4,8H2,1-2H3. The van der Waals surface area contributed by atoms with E-state index >= 15 is 0 Å².